The van der Waals surface area contributed by atoms with Crippen LogP contribution < -0.4 is 15.4 Å². The zero-order valence-electron chi connectivity index (χ0n) is 14.3. The van der Waals surface area contributed by atoms with Crippen LogP contribution in [-0.2, 0) is 18.5 Å². The number of aryl methyl sites for hydroxylation is 2. The molecule has 0 bridgehead atoms. The second-order valence-electron chi connectivity index (χ2n) is 6.13. The van der Waals surface area contributed by atoms with Crippen molar-refractivity contribution in [3.05, 3.63) is 50.1 Å². The van der Waals surface area contributed by atoms with Gasteiger partial charge in [0.25, 0.3) is 0 Å². The Bertz CT molecular complexity index is 762. The average Bonchev–Trinajstić information content (AvgIpc) is 3.28. The fraction of sp³-hybridized carbons (Fsp3) is 0.421. The highest BCUT2D eigenvalue weighted by atomic mass is 79.9. The summed E-state index contributed by atoms with van der Waals surface area (Å²) in [6.45, 7) is 1.86. The van der Waals surface area contributed by atoms with E-state index in [2.05, 4.69) is 50.1 Å². The van der Waals surface area contributed by atoms with Crippen molar-refractivity contribution in [3.8, 4) is 11.8 Å². The number of hydrogen-bond acceptors (Lipinski definition) is 5. The smallest absolute Gasteiger partial charge is 0.122 e. The molecule has 25 heavy (non-hydrogen) atoms. The van der Waals surface area contributed by atoms with Crippen molar-refractivity contribution >= 4 is 27.3 Å². The first-order chi connectivity index (χ1) is 12.2. The fourth-order valence-corrected chi connectivity index (χ4v) is 4.83. The number of nitriles is 1. The van der Waals surface area contributed by atoms with E-state index in [0.717, 1.165) is 42.6 Å². The summed E-state index contributed by atoms with van der Waals surface area (Å²) < 4.78 is 6.56. The highest BCUT2D eigenvalue weighted by Gasteiger charge is 2.36. The lowest BCUT2D eigenvalue weighted by Crippen LogP contribution is -2.46. The van der Waals surface area contributed by atoms with E-state index in [4.69, 9.17) is 10.00 Å². The lowest BCUT2D eigenvalue weighted by Gasteiger charge is -2.30. The quantitative estimate of drug-likeness (QED) is 0.712. The maximum atomic E-state index is 9.02. The van der Waals surface area contributed by atoms with E-state index in [-0.39, 0.29) is 5.66 Å². The monoisotopic (exact) mass is 419 g/mol. The molecule has 2 N–H and O–H groups in total. The zero-order valence-corrected chi connectivity index (χ0v) is 16.7. The van der Waals surface area contributed by atoms with Crippen LogP contribution in [0.15, 0.2) is 34.1 Å². The van der Waals surface area contributed by atoms with Crippen LogP contribution in [0.25, 0.3) is 0 Å². The lowest BCUT2D eigenvalue weighted by molar-refractivity contribution is 0.320. The van der Waals surface area contributed by atoms with Crippen molar-refractivity contribution in [3.63, 3.8) is 0 Å². The molecule has 1 fully saturated rings. The zero-order chi connectivity index (χ0) is 17.7. The Labute approximate surface area is 161 Å². The van der Waals surface area contributed by atoms with Crippen LogP contribution in [0.4, 0.5) is 0 Å². The van der Waals surface area contributed by atoms with E-state index in [1.165, 1.54) is 16.0 Å². The largest absolute Gasteiger partial charge is 0.496 e. The molecule has 1 aliphatic rings. The number of thiophene rings is 1. The Balaban J connectivity index is 1.80. The number of rotatable bonds is 7. The molecule has 3 rings (SSSR count). The average molecular weight is 420 g/mol. The molecule has 2 aromatic rings. The van der Waals surface area contributed by atoms with E-state index in [0.29, 0.717) is 6.42 Å². The normalized spacial score (nSPS) is 15.9. The predicted octanol–water partition coefficient (Wildman–Crippen LogP) is 3.95. The number of methoxy groups -OCH3 is 1. The molecule has 1 aromatic heterocycles. The first-order valence-corrected chi connectivity index (χ1v) is 10.1. The van der Waals surface area contributed by atoms with Gasteiger partial charge < -0.3 is 4.74 Å². The SMILES string of the molecule is COc1ccc(Br)cc1CCc1sccc1C1(CCC#N)NCCN1. The van der Waals surface area contributed by atoms with Crippen molar-refractivity contribution < 1.29 is 4.74 Å². The molecule has 1 aromatic carbocycles. The predicted molar refractivity (Wildman–Crippen MR) is 105 cm³/mol. The standard InChI is InChI=1S/C19H22BrN3OS/c1-24-17-5-4-15(20)13-14(17)3-6-18-16(7-12-25-18)19(8-2-9-21)22-10-11-23-19/h4-5,7,12-13,22-23H,2-3,6,8,10-11H2,1H3. The van der Waals surface area contributed by atoms with Gasteiger partial charge in [0.05, 0.1) is 18.8 Å². The van der Waals surface area contributed by atoms with Gasteiger partial charge >= 0.3 is 0 Å². The highest BCUT2D eigenvalue weighted by molar-refractivity contribution is 9.10. The Hall–Kier alpha value is -1.39. The third-order valence-electron chi connectivity index (χ3n) is 4.66. The maximum absolute atomic E-state index is 9.02. The molecular formula is C19H22BrN3OS. The minimum atomic E-state index is -0.258. The summed E-state index contributed by atoms with van der Waals surface area (Å²) in [6, 6.07) is 10.6. The van der Waals surface area contributed by atoms with Gasteiger partial charge in [-0.25, -0.2) is 0 Å². The van der Waals surface area contributed by atoms with Crippen molar-refractivity contribution in [2.24, 2.45) is 0 Å². The van der Waals surface area contributed by atoms with E-state index in [1.54, 1.807) is 18.4 Å². The van der Waals surface area contributed by atoms with Gasteiger partial charge in [0, 0.05) is 34.4 Å². The van der Waals surface area contributed by atoms with Crippen LogP contribution in [0, 0.1) is 11.3 Å². The molecule has 4 nitrogen and oxygen atoms in total. The molecule has 0 radical (unpaired) electrons. The van der Waals surface area contributed by atoms with Gasteiger partial charge in [-0.1, -0.05) is 15.9 Å². The van der Waals surface area contributed by atoms with Gasteiger partial charge in [0.1, 0.15) is 5.75 Å². The first kappa shape index (κ1) is 18.4. The van der Waals surface area contributed by atoms with Gasteiger partial charge in [-0.05, 0) is 54.5 Å². The second kappa shape index (κ2) is 8.33. The minimum Gasteiger partial charge on any atom is -0.496 e. The van der Waals surface area contributed by atoms with Gasteiger partial charge in [-0.15, -0.1) is 11.3 Å². The van der Waals surface area contributed by atoms with Crippen molar-refractivity contribution in [2.75, 3.05) is 20.2 Å². The molecular weight excluding hydrogens is 398 g/mol. The van der Waals surface area contributed by atoms with Gasteiger partial charge in [0.15, 0.2) is 0 Å². The summed E-state index contributed by atoms with van der Waals surface area (Å²) in [5.41, 5.74) is 2.24. The fourth-order valence-electron chi connectivity index (χ4n) is 3.46. The van der Waals surface area contributed by atoms with E-state index >= 15 is 0 Å². The third kappa shape index (κ3) is 4.06. The highest BCUT2D eigenvalue weighted by Crippen LogP contribution is 2.33. The molecule has 1 aliphatic heterocycles. The molecule has 1 saturated heterocycles. The minimum absolute atomic E-state index is 0.258. The number of ether oxygens (including phenoxy) is 1. The van der Waals surface area contributed by atoms with E-state index < -0.39 is 0 Å². The molecule has 2 heterocycles. The summed E-state index contributed by atoms with van der Waals surface area (Å²) in [4.78, 5) is 1.36. The van der Waals surface area contributed by atoms with Crippen LogP contribution in [0.3, 0.4) is 0 Å². The van der Waals surface area contributed by atoms with Gasteiger partial charge in [-0.2, -0.15) is 5.26 Å². The van der Waals surface area contributed by atoms with Crippen molar-refractivity contribution in [1.29, 1.82) is 5.26 Å². The molecule has 0 atom stereocenters. The Morgan fingerprint density at radius 2 is 2.08 bits per heavy atom. The Kier molecular flexibility index (Phi) is 6.13. The summed E-state index contributed by atoms with van der Waals surface area (Å²) >= 11 is 5.34. The maximum Gasteiger partial charge on any atom is 0.122 e. The molecule has 0 unspecified atom stereocenters. The lowest BCUT2D eigenvalue weighted by atomic mass is 9.93. The van der Waals surface area contributed by atoms with E-state index in [9.17, 15) is 0 Å². The Morgan fingerprint density at radius 3 is 2.80 bits per heavy atom. The second-order valence-corrected chi connectivity index (χ2v) is 8.05. The summed E-state index contributed by atoms with van der Waals surface area (Å²) in [5.74, 6) is 0.928. The number of nitrogens with one attached hydrogen (secondary N) is 2. The number of nitrogens with zero attached hydrogens (tertiary/aromatic N) is 1. The van der Waals surface area contributed by atoms with E-state index in [1.807, 2.05) is 12.1 Å². The summed E-state index contributed by atoms with van der Waals surface area (Å²) in [7, 11) is 1.71. The summed E-state index contributed by atoms with van der Waals surface area (Å²) in [6.07, 6.45) is 3.20. The van der Waals surface area contributed by atoms with Crippen molar-refractivity contribution in [2.45, 2.75) is 31.3 Å². The van der Waals surface area contributed by atoms with Gasteiger partial charge in [0.2, 0.25) is 0 Å². The first-order valence-electron chi connectivity index (χ1n) is 8.45. The molecule has 0 aliphatic carbocycles. The van der Waals surface area contributed by atoms with Crippen molar-refractivity contribution in [1.82, 2.24) is 10.6 Å². The molecule has 0 saturated carbocycles. The van der Waals surface area contributed by atoms with Crippen LogP contribution >= 0.6 is 27.3 Å². The molecule has 0 spiro atoms. The number of halogens is 1. The van der Waals surface area contributed by atoms with Crippen LogP contribution in [0.2, 0.25) is 0 Å². The molecule has 6 heteroatoms. The summed E-state index contributed by atoms with van der Waals surface area (Å²) in [5, 5.41) is 18.4. The number of hydrogen-bond donors (Lipinski definition) is 2. The topological polar surface area (TPSA) is 57.1 Å². The van der Waals surface area contributed by atoms with Crippen LogP contribution in [-0.4, -0.2) is 20.2 Å². The molecule has 132 valence electrons. The van der Waals surface area contributed by atoms with Crippen LogP contribution in [0.1, 0.15) is 28.8 Å². The van der Waals surface area contributed by atoms with Crippen LogP contribution in [0.5, 0.6) is 5.75 Å². The van der Waals surface area contributed by atoms with Gasteiger partial charge in [-0.3, -0.25) is 10.6 Å². The molecule has 0 amide bonds. The number of benzene rings is 1. The Morgan fingerprint density at radius 1 is 1.28 bits per heavy atom. The third-order valence-corrected chi connectivity index (χ3v) is 6.13.